The number of halogens is 1. The Morgan fingerprint density at radius 1 is 1.11 bits per heavy atom. The largest absolute Gasteiger partial charge is 0.347 e. The predicted molar refractivity (Wildman–Crippen MR) is 132 cm³/mol. The van der Waals surface area contributed by atoms with E-state index in [1.54, 1.807) is 51.4 Å². The number of hydrogen-bond donors (Lipinski definition) is 2. The van der Waals surface area contributed by atoms with Crippen molar-refractivity contribution in [3.63, 3.8) is 0 Å². The van der Waals surface area contributed by atoms with E-state index in [2.05, 4.69) is 26.7 Å². The molecule has 2 heterocycles. The van der Waals surface area contributed by atoms with Gasteiger partial charge < -0.3 is 15.5 Å². The molecule has 2 N–H and O–H groups in total. The average Bonchev–Trinajstić information content (AvgIpc) is 3.25. The maximum absolute atomic E-state index is 13.5. The van der Waals surface area contributed by atoms with E-state index < -0.39 is 17.9 Å². The molecule has 2 aromatic carbocycles. The molecular weight excluding hydrogens is 477 g/mol. The third kappa shape index (κ3) is 5.38. The van der Waals surface area contributed by atoms with E-state index in [0.717, 1.165) is 11.9 Å². The number of hydrogen-bond acceptors (Lipinski definition) is 6. The first-order chi connectivity index (χ1) is 17.7. The highest BCUT2D eigenvalue weighted by molar-refractivity contribution is 5.98. The Morgan fingerprint density at radius 3 is 2.51 bits per heavy atom. The Labute approximate surface area is 212 Å². The van der Waals surface area contributed by atoms with Gasteiger partial charge in [-0.15, -0.1) is 0 Å². The molecule has 0 radical (unpaired) electrons. The molecule has 3 aromatic rings. The number of benzene rings is 2. The maximum Gasteiger partial charge on any atom is 0.324 e. The standard InChI is InChI=1S/C26H24FN7O3/c1-15-8-17(5-7-19(15)27)12-29-24(35)20-10-21(31-14-30-20)25(36)32-22-13-34(26(37)33(2)3)23-9-16(11-28)4-6-18(22)23/h4-10,14,22H,12-13H2,1-3H3,(H,29,35)(H,32,36)/t22-/m0/s1. The average molecular weight is 502 g/mol. The quantitative estimate of drug-likeness (QED) is 0.553. The molecule has 11 heteroatoms. The second kappa shape index (κ2) is 10.4. The molecule has 0 fully saturated rings. The summed E-state index contributed by atoms with van der Waals surface area (Å²) in [6.45, 7) is 1.96. The zero-order valence-electron chi connectivity index (χ0n) is 20.4. The van der Waals surface area contributed by atoms with Crippen LogP contribution in [0.3, 0.4) is 0 Å². The van der Waals surface area contributed by atoms with Crippen molar-refractivity contribution in [2.45, 2.75) is 19.5 Å². The van der Waals surface area contributed by atoms with Crippen LogP contribution in [0.5, 0.6) is 0 Å². The fraction of sp³-hybridized carbons (Fsp3) is 0.231. The van der Waals surface area contributed by atoms with Crippen molar-refractivity contribution in [3.05, 3.63) is 88.3 Å². The Bertz CT molecular complexity index is 1430. The van der Waals surface area contributed by atoms with Gasteiger partial charge in [0.2, 0.25) is 0 Å². The van der Waals surface area contributed by atoms with Gasteiger partial charge in [-0.3, -0.25) is 14.5 Å². The molecule has 1 atom stereocenters. The third-order valence-electron chi connectivity index (χ3n) is 5.92. The zero-order valence-corrected chi connectivity index (χ0v) is 20.4. The van der Waals surface area contributed by atoms with E-state index in [1.165, 1.54) is 21.9 Å². The molecular formula is C26H24FN7O3. The molecule has 4 rings (SSSR count). The van der Waals surface area contributed by atoms with Crippen LogP contribution in [0.1, 0.15) is 49.3 Å². The first kappa shape index (κ1) is 25.2. The van der Waals surface area contributed by atoms with Crippen molar-refractivity contribution in [1.29, 1.82) is 5.26 Å². The Hall–Kier alpha value is -4.85. The number of aryl methyl sites for hydroxylation is 1. The lowest BCUT2D eigenvalue weighted by Crippen LogP contribution is -2.40. The van der Waals surface area contributed by atoms with Crippen molar-refractivity contribution >= 4 is 23.5 Å². The van der Waals surface area contributed by atoms with Crippen molar-refractivity contribution in [2.24, 2.45) is 0 Å². The highest BCUT2D eigenvalue weighted by Crippen LogP contribution is 2.36. The molecule has 1 aliphatic rings. The zero-order chi connectivity index (χ0) is 26.7. The molecule has 0 saturated carbocycles. The minimum absolute atomic E-state index is 0.00567. The summed E-state index contributed by atoms with van der Waals surface area (Å²) in [6, 6.07) is 12.0. The highest BCUT2D eigenvalue weighted by Gasteiger charge is 2.34. The number of rotatable bonds is 5. The van der Waals surface area contributed by atoms with Crippen LogP contribution in [-0.2, 0) is 6.54 Å². The summed E-state index contributed by atoms with van der Waals surface area (Å²) >= 11 is 0. The van der Waals surface area contributed by atoms with Gasteiger partial charge in [0.15, 0.2) is 0 Å². The van der Waals surface area contributed by atoms with Crippen LogP contribution in [0.15, 0.2) is 48.8 Å². The highest BCUT2D eigenvalue weighted by atomic mass is 19.1. The summed E-state index contributed by atoms with van der Waals surface area (Å²) in [6.07, 6.45) is 1.12. The number of aromatic nitrogens is 2. The van der Waals surface area contributed by atoms with Crippen molar-refractivity contribution in [1.82, 2.24) is 25.5 Å². The number of urea groups is 1. The topological polar surface area (TPSA) is 131 Å². The summed E-state index contributed by atoms with van der Waals surface area (Å²) < 4.78 is 13.5. The fourth-order valence-electron chi connectivity index (χ4n) is 3.99. The second-order valence-corrected chi connectivity index (χ2v) is 8.75. The van der Waals surface area contributed by atoms with Gasteiger partial charge in [0.25, 0.3) is 11.8 Å². The lowest BCUT2D eigenvalue weighted by atomic mass is 10.1. The fourth-order valence-corrected chi connectivity index (χ4v) is 3.99. The van der Waals surface area contributed by atoms with Gasteiger partial charge in [-0.1, -0.05) is 18.2 Å². The van der Waals surface area contributed by atoms with Gasteiger partial charge in [0, 0.05) is 32.3 Å². The minimum atomic E-state index is -0.551. The van der Waals surface area contributed by atoms with E-state index in [4.69, 9.17) is 0 Å². The van der Waals surface area contributed by atoms with Crippen molar-refractivity contribution in [2.75, 3.05) is 25.5 Å². The van der Waals surface area contributed by atoms with Gasteiger partial charge in [-0.2, -0.15) is 5.26 Å². The number of fused-ring (bicyclic) bond motifs is 1. The Morgan fingerprint density at radius 2 is 1.84 bits per heavy atom. The van der Waals surface area contributed by atoms with Gasteiger partial charge >= 0.3 is 6.03 Å². The third-order valence-corrected chi connectivity index (χ3v) is 5.92. The molecule has 188 valence electrons. The molecule has 1 aromatic heterocycles. The van der Waals surface area contributed by atoms with Crippen molar-refractivity contribution < 1.29 is 18.8 Å². The number of carbonyl (C=O) groups excluding carboxylic acids is 3. The summed E-state index contributed by atoms with van der Waals surface area (Å²) in [7, 11) is 3.24. The minimum Gasteiger partial charge on any atom is -0.347 e. The maximum atomic E-state index is 13.5. The smallest absolute Gasteiger partial charge is 0.324 e. The molecule has 0 saturated heterocycles. The van der Waals surface area contributed by atoms with Gasteiger partial charge in [0.05, 0.1) is 29.9 Å². The molecule has 10 nitrogen and oxygen atoms in total. The SMILES string of the molecule is Cc1cc(CNC(=O)c2cc(C(=O)N[C@H]3CN(C(=O)N(C)C)c4cc(C#N)ccc43)ncn2)ccc1F. The van der Waals surface area contributed by atoms with Crippen LogP contribution < -0.4 is 15.5 Å². The lowest BCUT2D eigenvalue weighted by molar-refractivity contribution is 0.0933. The van der Waals surface area contributed by atoms with Crippen molar-refractivity contribution in [3.8, 4) is 6.07 Å². The number of carbonyl (C=O) groups is 3. The summed E-state index contributed by atoms with van der Waals surface area (Å²) in [5.41, 5.74) is 2.78. The molecule has 37 heavy (non-hydrogen) atoms. The first-order valence-electron chi connectivity index (χ1n) is 11.4. The van der Waals surface area contributed by atoms with Crippen LogP contribution in [0.25, 0.3) is 0 Å². The van der Waals surface area contributed by atoms with Crippen LogP contribution in [0, 0.1) is 24.1 Å². The number of amides is 4. The molecule has 0 aliphatic carbocycles. The molecule has 0 spiro atoms. The Balaban J connectivity index is 1.48. The number of nitriles is 1. The lowest BCUT2D eigenvalue weighted by Gasteiger charge is -2.22. The van der Waals surface area contributed by atoms with Crippen LogP contribution >= 0.6 is 0 Å². The second-order valence-electron chi connectivity index (χ2n) is 8.75. The molecule has 0 unspecified atom stereocenters. The van der Waals surface area contributed by atoms with Crippen LogP contribution in [0.2, 0.25) is 0 Å². The van der Waals surface area contributed by atoms with E-state index in [0.29, 0.717) is 22.4 Å². The van der Waals surface area contributed by atoms with Gasteiger partial charge in [-0.25, -0.2) is 19.2 Å². The number of nitrogens with zero attached hydrogens (tertiary/aromatic N) is 5. The first-order valence-corrected chi connectivity index (χ1v) is 11.4. The summed E-state index contributed by atoms with van der Waals surface area (Å²) in [5, 5.41) is 14.8. The summed E-state index contributed by atoms with van der Waals surface area (Å²) in [4.78, 5) is 49.2. The summed E-state index contributed by atoms with van der Waals surface area (Å²) in [5.74, 6) is -1.40. The van der Waals surface area contributed by atoms with E-state index in [-0.39, 0.29) is 36.3 Å². The van der Waals surface area contributed by atoms with Gasteiger partial charge in [0.1, 0.15) is 23.5 Å². The van der Waals surface area contributed by atoms with E-state index in [1.807, 2.05) is 0 Å². The molecule has 1 aliphatic heterocycles. The molecule has 4 amide bonds. The number of anilines is 1. The predicted octanol–water partition coefficient (Wildman–Crippen LogP) is 2.70. The molecule has 0 bridgehead atoms. The normalized spacial score (nSPS) is 13.9. The van der Waals surface area contributed by atoms with E-state index in [9.17, 15) is 24.0 Å². The Kier molecular flexibility index (Phi) is 7.11. The van der Waals surface area contributed by atoms with Gasteiger partial charge in [-0.05, 0) is 36.2 Å². The number of nitrogens with one attached hydrogen (secondary N) is 2. The monoisotopic (exact) mass is 501 g/mol. The van der Waals surface area contributed by atoms with E-state index >= 15 is 0 Å². The van der Waals surface area contributed by atoms with Crippen LogP contribution in [0.4, 0.5) is 14.9 Å². The van der Waals surface area contributed by atoms with Crippen LogP contribution in [-0.4, -0.2) is 53.4 Å².